The fourth-order valence-corrected chi connectivity index (χ4v) is 11.0. The smallest absolute Gasteiger partial charge is 0.0192 e. The molecular formula is C93H84Ir4N5-5. The van der Waals surface area contributed by atoms with E-state index in [4.69, 9.17) is 0 Å². The monoisotopic (exact) mass is 2040 g/mol. The number of benzene rings is 9. The van der Waals surface area contributed by atoms with E-state index in [1.54, 1.807) is 6.20 Å². The summed E-state index contributed by atoms with van der Waals surface area (Å²) in [7, 11) is 0. The van der Waals surface area contributed by atoms with Gasteiger partial charge in [-0.25, -0.2) is 0 Å². The molecule has 0 saturated carbocycles. The molecule has 102 heavy (non-hydrogen) atoms. The van der Waals surface area contributed by atoms with Gasteiger partial charge in [0.2, 0.25) is 0 Å². The Morgan fingerprint density at radius 2 is 0.647 bits per heavy atom. The van der Waals surface area contributed by atoms with E-state index >= 15 is 0 Å². The Labute approximate surface area is 660 Å². The quantitative estimate of drug-likeness (QED) is 0.121. The van der Waals surface area contributed by atoms with Crippen molar-refractivity contribution in [1.82, 2.24) is 24.9 Å². The number of aryl methyl sites for hydroxylation is 4. The predicted octanol–water partition coefficient (Wildman–Crippen LogP) is 24.2. The number of pyridine rings is 5. The normalized spacial score (nSPS) is 10.4. The van der Waals surface area contributed by atoms with Gasteiger partial charge in [0.1, 0.15) is 0 Å². The molecule has 5 nitrogen and oxygen atoms in total. The molecule has 0 amide bonds. The van der Waals surface area contributed by atoms with Crippen LogP contribution in [0.1, 0.15) is 99.2 Å². The third-order valence-electron chi connectivity index (χ3n) is 16.7. The molecule has 0 saturated heterocycles. The van der Waals surface area contributed by atoms with Crippen LogP contribution in [0.15, 0.2) is 298 Å². The SMILES string of the molecule is CC(C)(C)c1ccnc(-c2[c-]ccc(-c3ccccc3)c2)c1.CC(C)c1cc(-c2cc[c-]c(-c3ccccn3)c2)cc(C(C)C)c1.Cc1cc(C)cc(-c2cc[c-]c(-c3ccccn3)c2)c1.Cc1cnc(-c2[c-]ccc(-c3ccccc3)c2)cc1C.[Ir].[Ir].[Ir].[Ir].[c-]1ccccc1-c1ccccn1. The van der Waals surface area contributed by atoms with Crippen molar-refractivity contribution in [3.05, 3.63) is 367 Å². The first-order valence-electron chi connectivity index (χ1n) is 33.5. The number of nitrogens with zero attached hydrogens (tertiary/aromatic N) is 5. The van der Waals surface area contributed by atoms with Gasteiger partial charge >= 0.3 is 0 Å². The second-order valence-electron chi connectivity index (χ2n) is 26.0. The van der Waals surface area contributed by atoms with Crippen LogP contribution in [0.4, 0.5) is 0 Å². The van der Waals surface area contributed by atoms with Gasteiger partial charge in [0.05, 0.1) is 0 Å². The standard InChI is InChI=1S/C23H24N.C21H20N.2C19H16N.C11H8N.4Ir/c1-16(2)20-13-21(17(3)4)15-22(14-20)18-8-7-9-19(12-18)23-10-5-6-11-24-23;1-21(2,3)19-12-13-22-20(15-19)18-11-7-10-17(14-18)16-8-5-4-6-9-16;1-14-10-15(2)12-18(11-14)16-6-5-7-17(13-16)19-8-3-4-9-20-19;1-14-11-19(20-13-15(14)2)18-10-6-9-17(12-18)16-7-4-3-5-8-16;1-2-6-10(7-3-1)11-8-4-5-9-12-11;;;;/h5-8,10-17H,1-4H3;4-10,12-15H,1-3H3;3-6,8-13H,1-2H3;3-9,11-13H,1-2H3;1-6,8-9H;;;;/q5*-1;;;;. The van der Waals surface area contributed by atoms with Gasteiger partial charge in [-0.3, -0.25) is 0 Å². The van der Waals surface area contributed by atoms with Crippen molar-refractivity contribution in [3.63, 3.8) is 0 Å². The molecule has 522 valence electrons. The molecule has 0 atom stereocenters. The molecule has 0 unspecified atom stereocenters. The molecule has 0 aliphatic rings. The second-order valence-corrected chi connectivity index (χ2v) is 26.0. The fraction of sp³-hybridized carbons (Fsp3) is 0.151. The Kier molecular flexibility index (Phi) is 32.9. The molecule has 0 fully saturated rings. The molecule has 0 N–H and O–H groups in total. The van der Waals surface area contributed by atoms with Crippen LogP contribution in [0.2, 0.25) is 0 Å². The van der Waals surface area contributed by atoms with E-state index in [1.807, 2.05) is 140 Å². The van der Waals surface area contributed by atoms with Crippen molar-refractivity contribution in [2.75, 3.05) is 0 Å². The van der Waals surface area contributed by atoms with E-state index in [0.717, 1.165) is 56.3 Å². The molecule has 0 spiro atoms. The Hall–Kier alpha value is -8.67. The van der Waals surface area contributed by atoms with Crippen LogP contribution in [0.25, 0.3) is 101 Å². The van der Waals surface area contributed by atoms with Crippen molar-refractivity contribution < 1.29 is 80.4 Å². The van der Waals surface area contributed by atoms with Gasteiger partial charge in [-0.15, -0.1) is 177 Å². The fourth-order valence-electron chi connectivity index (χ4n) is 11.0. The van der Waals surface area contributed by atoms with Crippen LogP contribution in [0, 0.1) is 58.0 Å². The molecule has 14 aromatic rings. The van der Waals surface area contributed by atoms with Crippen LogP contribution in [-0.2, 0) is 85.8 Å². The number of hydrogen-bond donors (Lipinski definition) is 0. The molecule has 4 radical (unpaired) electrons. The third-order valence-corrected chi connectivity index (χ3v) is 16.7. The summed E-state index contributed by atoms with van der Waals surface area (Å²) in [5.41, 5.74) is 29.0. The molecule has 0 aliphatic heterocycles. The van der Waals surface area contributed by atoms with E-state index < -0.39 is 0 Å². The summed E-state index contributed by atoms with van der Waals surface area (Å²) >= 11 is 0. The van der Waals surface area contributed by atoms with E-state index in [-0.39, 0.29) is 85.8 Å². The summed E-state index contributed by atoms with van der Waals surface area (Å²) < 4.78 is 0. The minimum atomic E-state index is 0. The third kappa shape index (κ3) is 24.0. The van der Waals surface area contributed by atoms with E-state index in [1.165, 1.54) is 83.5 Å². The number of rotatable bonds is 11. The average molecular weight is 2040 g/mol. The number of aromatic nitrogens is 5. The summed E-state index contributed by atoms with van der Waals surface area (Å²) in [4.78, 5) is 22.1. The molecule has 0 aliphatic carbocycles. The molecule has 5 heterocycles. The Morgan fingerprint density at radius 1 is 0.275 bits per heavy atom. The second kappa shape index (κ2) is 40.8. The maximum atomic E-state index is 4.53. The minimum absolute atomic E-state index is 0. The van der Waals surface area contributed by atoms with Crippen LogP contribution < -0.4 is 0 Å². The average Bonchev–Trinajstić information content (AvgIpc) is 0.826. The van der Waals surface area contributed by atoms with Crippen LogP contribution in [0.5, 0.6) is 0 Å². The van der Waals surface area contributed by atoms with Gasteiger partial charge in [0, 0.05) is 111 Å². The molecule has 9 heteroatoms. The summed E-state index contributed by atoms with van der Waals surface area (Å²) in [5.74, 6) is 1.04. The summed E-state index contributed by atoms with van der Waals surface area (Å²) in [6.45, 7) is 24.1. The van der Waals surface area contributed by atoms with Crippen LogP contribution in [0.3, 0.4) is 0 Å². The van der Waals surface area contributed by atoms with Crippen molar-refractivity contribution in [2.45, 2.75) is 93.4 Å². The summed E-state index contributed by atoms with van der Waals surface area (Å²) in [5, 5.41) is 0. The van der Waals surface area contributed by atoms with Crippen LogP contribution >= 0.6 is 0 Å². The van der Waals surface area contributed by atoms with Gasteiger partial charge in [0.25, 0.3) is 0 Å². The maximum Gasteiger partial charge on any atom is 0.0192 e. The van der Waals surface area contributed by atoms with Gasteiger partial charge < -0.3 is 24.9 Å². The van der Waals surface area contributed by atoms with E-state index in [2.05, 4.69) is 283 Å². The summed E-state index contributed by atoms with van der Waals surface area (Å²) in [6.07, 6.45) is 9.24. The van der Waals surface area contributed by atoms with E-state index in [0.29, 0.717) is 11.8 Å². The Bertz CT molecular complexity index is 4730. The molecular weight excluding hydrogens is 1960 g/mol. The van der Waals surface area contributed by atoms with Gasteiger partial charge in [-0.05, 0) is 142 Å². The first kappa shape index (κ1) is 82.3. The Balaban J connectivity index is 0.000000201. The van der Waals surface area contributed by atoms with Gasteiger partial charge in [-0.2, -0.15) is 0 Å². The zero-order chi connectivity index (χ0) is 68.8. The number of hydrogen-bond acceptors (Lipinski definition) is 5. The van der Waals surface area contributed by atoms with Gasteiger partial charge in [-0.1, -0.05) is 211 Å². The maximum absolute atomic E-state index is 4.53. The molecule has 9 aromatic carbocycles. The first-order valence-corrected chi connectivity index (χ1v) is 33.5. The predicted molar refractivity (Wildman–Crippen MR) is 410 cm³/mol. The Morgan fingerprint density at radius 3 is 1.04 bits per heavy atom. The first-order chi connectivity index (χ1) is 47.5. The topological polar surface area (TPSA) is 64.5 Å². The zero-order valence-electron chi connectivity index (χ0n) is 59.5. The minimum Gasteiger partial charge on any atom is -0.305 e. The van der Waals surface area contributed by atoms with Crippen LogP contribution in [-0.4, -0.2) is 24.9 Å². The summed E-state index contributed by atoms with van der Waals surface area (Å²) in [6, 6.07) is 108. The van der Waals surface area contributed by atoms with Gasteiger partial charge in [0.15, 0.2) is 0 Å². The van der Waals surface area contributed by atoms with Crippen molar-refractivity contribution in [1.29, 1.82) is 0 Å². The molecule has 0 bridgehead atoms. The van der Waals surface area contributed by atoms with E-state index in [9.17, 15) is 0 Å². The zero-order valence-corrected chi connectivity index (χ0v) is 69.1. The van der Waals surface area contributed by atoms with Crippen molar-refractivity contribution in [3.8, 4) is 101 Å². The molecule has 14 rings (SSSR count). The van der Waals surface area contributed by atoms with Crippen molar-refractivity contribution in [2.24, 2.45) is 0 Å². The largest absolute Gasteiger partial charge is 0.305 e. The molecule has 5 aromatic heterocycles. The van der Waals surface area contributed by atoms with Crippen molar-refractivity contribution >= 4 is 0 Å².